The molecule has 0 saturated carbocycles. The molecule has 0 aromatic heterocycles. The molecule has 0 atom stereocenters. The standard InChI is InChI=1S/C14H23NO2/c1-10-6-11(2)13(17-5)12(7-10)8-15-9-14(3,4)16/h6-7,15-16H,8-9H2,1-5H3. The summed E-state index contributed by atoms with van der Waals surface area (Å²) in [7, 11) is 1.69. The van der Waals surface area contributed by atoms with Crippen molar-refractivity contribution in [3.05, 3.63) is 28.8 Å². The van der Waals surface area contributed by atoms with Crippen molar-refractivity contribution in [2.24, 2.45) is 0 Å². The molecule has 0 radical (unpaired) electrons. The van der Waals surface area contributed by atoms with Crippen LogP contribution < -0.4 is 10.1 Å². The van der Waals surface area contributed by atoms with Gasteiger partial charge in [0.05, 0.1) is 12.7 Å². The lowest BCUT2D eigenvalue weighted by molar-refractivity contribution is 0.0794. The van der Waals surface area contributed by atoms with Gasteiger partial charge in [-0.15, -0.1) is 0 Å². The van der Waals surface area contributed by atoms with Crippen molar-refractivity contribution in [1.82, 2.24) is 5.32 Å². The van der Waals surface area contributed by atoms with Gasteiger partial charge in [-0.3, -0.25) is 0 Å². The first-order chi connectivity index (χ1) is 7.83. The smallest absolute Gasteiger partial charge is 0.126 e. The third kappa shape index (κ3) is 4.36. The minimum absolute atomic E-state index is 0.559. The summed E-state index contributed by atoms with van der Waals surface area (Å²) in [5.74, 6) is 0.929. The Balaban J connectivity index is 2.76. The van der Waals surface area contributed by atoms with E-state index in [0.717, 1.165) is 16.9 Å². The van der Waals surface area contributed by atoms with Crippen LogP contribution in [0.3, 0.4) is 0 Å². The predicted octanol–water partition coefficient (Wildman–Crippen LogP) is 2.17. The van der Waals surface area contributed by atoms with E-state index < -0.39 is 5.60 Å². The summed E-state index contributed by atoms with van der Waals surface area (Å²) in [6.07, 6.45) is 0. The van der Waals surface area contributed by atoms with E-state index in [4.69, 9.17) is 4.74 Å². The topological polar surface area (TPSA) is 41.5 Å². The Labute approximate surface area is 104 Å². The maximum Gasteiger partial charge on any atom is 0.126 e. The van der Waals surface area contributed by atoms with Crippen LogP contribution in [0, 0.1) is 13.8 Å². The van der Waals surface area contributed by atoms with Crippen LogP contribution in [-0.4, -0.2) is 24.4 Å². The van der Waals surface area contributed by atoms with Gasteiger partial charge in [0.1, 0.15) is 5.75 Å². The molecule has 0 heterocycles. The summed E-state index contributed by atoms with van der Waals surface area (Å²) < 4.78 is 5.41. The Morgan fingerprint density at radius 3 is 2.47 bits per heavy atom. The maximum absolute atomic E-state index is 9.64. The summed E-state index contributed by atoms with van der Waals surface area (Å²) in [6.45, 7) is 8.97. The lowest BCUT2D eigenvalue weighted by Crippen LogP contribution is -2.34. The van der Waals surface area contributed by atoms with Crippen LogP contribution in [-0.2, 0) is 6.54 Å². The van der Waals surface area contributed by atoms with E-state index in [1.165, 1.54) is 5.56 Å². The summed E-state index contributed by atoms with van der Waals surface area (Å²) in [6, 6.07) is 4.22. The van der Waals surface area contributed by atoms with E-state index in [2.05, 4.69) is 24.4 Å². The van der Waals surface area contributed by atoms with E-state index in [-0.39, 0.29) is 0 Å². The first kappa shape index (κ1) is 14.0. The third-order valence-corrected chi connectivity index (χ3v) is 2.57. The van der Waals surface area contributed by atoms with E-state index in [9.17, 15) is 5.11 Å². The van der Waals surface area contributed by atoms with Gasteiger partial charge in [-0.05, 0) is 33.3 Å². The van der Waals surface area contributed by atoms with Gasteiger partial charge >= 0.3 is 0 Å². The number of benzene rings is 1. The highest BCUT2D eigenvalue weighted by atomic mass is 16.5. The van der Waals surface area contributed by atoms with Crippen LogP contribution >= 0.6 is 0 Å². The van der Waals surface area contributed by atoms with Crippen LogP contribution in [0.5, 0.6) is 5.75 Å². The van der Waals surface area contributed by atoms with Crippen molar-refractivity contribution >= 4 is 0 Å². The Bertz CT molecular complexity index is 381. The SMILES string of the molecule is COc1c(C)cc(C)cc1CNCC(C)(C)O. The predicted molar refractivity (Wildman–Crippen MR) is 70.5 cm³/mol. The summed E-state index contributed by atoms with van der Waals surface area (Å²) in [5, 5.41) is 12.9. The van der Waals surface area contributed by atoms with Crippen molar-refractivity contribution in [1.29, 1.82) is 0 Å². The van der Waals surface area contributed by atoms with Crippen LogP contribution in [0.2, 0.25) is 0 Å². The number of aryl methyl sites for hydroxylation is 2. The van der Waals surface area contributed by atoms with Gasteiger partial charge in [0.25, 0.3) is 0 Å². The molecule has 0 aliphatic heterocycles. The Morgan fingerprint density at radius 2 is 1.94 bits per heavy atom. The molecule has 0 fully saturated rings. The molecule has 17 heavy (non-hydrogen) atoms. The third-order valence-electron chi connectivity index (χ3n) is 2.57. The number of aliphatic hydroxyl groups is 1. The highest BCUT2D eigenvalue weighted by molar-refractivity contribution is 5.43. The molecule has 0 amide bonds. The first-order valence-electron chi connectivity index (χ1n) is 5.90. The second kappa shape index (κ2) is 5.52. The van der Waals surface area contributed by atoms with E-state index in [1.54, 1.807) is 21.0 Å². The molecule has 0 spiro atoms. The molecular formula is C14H23NO2. The van der Waals surface area contributed by atoms with Crippen LogP contribution in [0.1, 0.15) is 30.5 Å². The molecule has 0 unspecified atom stereocenters. The molecular weight excluding hydrogens is 214 g/mol. The van der Waals surface area contributed by atoms with Crippen molar-refractivity contribution in [3.63, 3.8) is 0 Å². The van der Waals surface area contributed by atoms with Gasteiger partial charge in [-0.2, -0.15) is 0 Å². The number of rotatable bonds is 5. The average molecular weight is 237 g/mol. The lowest BCUT2D eigenvalue weighted by atomic mass is 10.0. The zero-order valence-electron chi connectivity index (χ0n) is 11.4. The van der Waals surface area contributed by atoms with E-state index in [1.807, 2.05) is 6.92 Å². The Kier molecular flexibility index (Phi) is 4.54. The van der Waals surface area contributed by atoms with Crippen LogP contribution in [0.15, 0.2) is 12.1 Å². The molecule has 1 aromatic carbocycles. The first-order valence-corrected chi connectivity index (χ1v) is 5.90. The normalized spacial score (nSPS) is 11.6. The van der Waals surface area contributed by atoms with E-state index in [0.29, 0.717) is 13.1 Å². The second-order valence-corrected chi connectivity index (χ2v) is 5.19. The highest BCUT2D eigenvalue weighted by Gasteiger charge is 2.12. The fraction of sp³-hybridized carbons (Fsp3) is 0.571. The summed E-state index contributed by atoms with van der Waals surface area (Å²) in [5.41, 5.74) is 2.82. The number of ether oxygens (including phenoxy) is 1. The fourth-order valence-corrected chi connectivity index (χ4v) is 1.97. The molecule has 3 nitrogen and oxygen atoms in total. The molecule has 0 saturated heterocycles. The van der Waals surface area contributed by atoms with Gasteiger partial charge in [-0.1, -0.05) is 17.7 Å². The summed E-state index contributed by atoms with van der Waals surface area (Å²) >= 11 is 0. The zero-order valence-corrected chi connectivity index (χ0v) is 11.4. The van der Waals surface area contributed by atoms with Gasteiger partial charge in [-0.25, -0.2) is 0 Å². The van der Waals surface area contributed by atoms with Crippen molar-refractivity contribution in [2.45, 2.75) is 39.8 Å². The Hall–Kier alpha value is -1.06. The molecule has 1 aromatic rings. The molecule has 0 aliphatic rings. The molecule has 0 aliphatic carbocycles. The van der Waals surface area contributed by atoms with Gasteiger partial charge < -0.3 is 15.2 Å². The summed E-state index contributed by atoms with van der Waals surface area (Å²) in [4.78, 5) is 0. The van der Waals surface area contributed by atoms with Crippen LogP contribution in [0.4, 0.5) is 0 Å². The van der Waals surface area contributed by atoms with Crippen molar-refractivity contribution in [2.75, 3.05) is 13.7 Å². The number of hydrogen-bond acceptors (Lipinski definition) is 3. The highest BCUT2D eigenvalue weighted by Crippen LogP contribution is 2.24. The van der Waals surface area contributed by atoms with Crippen LogP contribution in [0.25, 0.3) is 0 Å². The Morgan fingerprint density at radius 1 is 1.29 bits per heavy atom. The number of methoxy groups -OCH3 is 1. The zero-order chi connectivity index (χ0) is 13.1. The number of nitrogens with one attached hydrogen (secondary N) is 1. The van der Waals surface area contributed by atoms with Gasteiger partial charge in [0, 0.05) is 18.7 Å². The minimum Gasteiger partial charge on any atom is -0.496 e. The van der Waals surface area contributed by atoms with Crippen molar-refractivity contribution < 1.29 is 9.84 Å². The van der Waals surface area contributed by atoms with Gasteiger partial charge in [0.15, 0.2) is 0 Å². The largest absolute Gasteiger partial charge is 0.496 e. The molecule has 1 rings (SSSR count). The molecule has 3 heteroatoms. The quantitative estimate of drug-likeness (QED) is 0.824. The van der Waals surface area contributed by atoms with Crippen molar-refractivity contribution in [3.8, 4) is 5.75 Å². The number of hydrogen-bond donors (Lipinski definition) is 2. The monoisotopic (exact) mass is 237 g/mol. The molecule has 2 N–H and O–H groups in total. The lowest BCUT2D eigenvalue weighted by Gasteiger charge is -2.19. The maximum atomic E-state index is 9.64. The molecule has 0 bridgehead atoms. The fourth-order valence-electron chi connectivity index (χ4n) is 1.97. The molecule has 96 valence electrons. The second-order valence-electron chi connectivity index (χ2n) is 5.19. The van der Waals surface area contributed by atoms with E-state index >= 15 is 0 Å². The average Bonchev–Trinajstić information content (AvgIpc) is 2.14. The van der Waals surface area contributed by atoms with Gasteiger partial charge in [0.2, 0.25) is 0 Å². The minimum atomic E-state index is -0.688.